The van der Waals surface area contributed by atoms with Crippen LogP contribution in [0.25, 0.3) is 0 Å². The largest absolute Gasteiger partial charge is 0.391 e. The van der Waals surface area contributed by atoms with Crippen LogP contribution in [-0.4, -0.2) is 34.9 Å². The summed E-state index contributed by atoms with van der Waals surface area (Å²) in [4.78, 5) is 12.9. The molecule has 2 rings (SSSR count). The van der Waals surface area contributed by atoms with Gasteiger partial charge < -0.3 is 15.5 Å². The molecule has 3 N–H and O–H groups in total. The van der Waals surface area contributed by atoms with Crippen molar-refractivity contribution < 1.29 is 15.0 Å². The van der Waals surface area contributed by atoms with Crippen molar-refractivity contribution in [1.82, 2.24) is 5.32 Å². The van der Waals surface area contributed by atoms with Gasteiger partial charge in [0.05, 0.1) is 22.6 Å². The third-order valence-corrected chi connectivity index (χ3v) is 4.29. The lowest BCUT2D eigenvalue weighted by Gasteiger charge is -2.21. The van der Waals surface area contributed by atoms with E-state index in [1.54, 1.807) is 11.4 Å². The van der Waals surface area contributed by atoms with Gasteiger partial charge in [-0.05, 0) is 18.9 Å². The Kier molecular flexibility index (Phi) is 5.60. The van der Waals surface area contributed by atoms with Crippen LogP contribution in [-0.2, 0) is 0 Å². The fourth-order valence-electron chi connectivity index (χ4n) is 2.36. The molecule has 1 aromatic heterocycles. The van der Waals surface area contributed by atoms with Crippen LogP contribution in [0.1, 0.15) is 47.3 Å². The van der Waals surface area contributed by atoms with Crippen molar-refractivity contribution in [2.45, 2.75) is 44.2 Å². The fraction of sp³-hybridized carbons (Fsp3) is 0.533. The molecule has 1 saturated carbocycles. The fourth-order valence-corrected chi connectivity index (χ4v) is 3.11. The van der Waals surface area contributed by atoms with E-state index in [1.165, 1.54) is 11.3 Å². The van der Waals surface area contributed by atoms with Crippen molar-refractivity contribution in [2.24, 2.45) is 0 Å². The highest BCUT2D eigenvalue weighted by Gasteiger charge is 2.23. The Hall–Kier alpha value is -1.35. The maximum atomic E-state index is 12.1. The lowest BCUT2D eigenvalue weighted by Crippen LogP contribution is -2.42. The van der Waals surface area contributed by atoms with E-state index < -0.39 is 6.10 Å². The standard InChI is InChI=1S/C15H19NO3S/c17-8-4-5-12-9-11(10-20-12)15(19)16-13-6-2-1-3-7-14(13)18/h9-10,13-14,17-18H,1-3,6-8H2,(H,16,19). The number of aliphatic hydroxyl groups is 2. The Balaban J connectivity index is 1.98. The molecule has 4 nitrogen and oxygen atoms in total. The topological polar surface area (TPSA) is 69.6 Å². The van der Waals surface area contributed by atoms with E-state index in [0.29, 0.717) is 5.56 Å². The number of carbonyl (C=O) groups is 1. The second-order valence-corrected chi connectivity index (χ2v) is 5.86. The van der Waals surface area contributed by atoms with Crippen LogP contribution in [0, 0.1) is 11.8 Å². The van der Waals surface area contributed by atoms with Crippen molar-refractivity contribution in [3.05, 3.63) is 21.9 Å². The second kappa shape index (κ2) is 7.44. The minimum Gasteiger partial charge on any atom is -0.391 e. The maximum absolute atomic E-state index is 12.1. The number of aliphatic hydroxyl groups excluding tert-OH is 2. The Labute approximate surface area is 122 Å². The summed E-state index contributed by atoms with van der Waals surface area (Å²) in [5.41, 5.74) is 0.564. The van der Waals surface area contributed by atoms with Crippen LogP contribution in [0.5, 0.6) is 0 Å². The predicted octanol–water partition coefficient (Wildman–Crippen LogP) is 1.52. The Morgan fingerprint density at radius 3 is 3.00 bits per heavy atom. The molecule has 1 fully saturated rings. The molecule has 5 heteroatoms. The van der Waals surface area contributed by atoms with Crippen LogP contribution in [0.2, 0.25) is 0 Å². The minimum absolute atomic E-state index is 0.156. The highest BCUT2D eigenvalue weighted by Crippen LogP contribution is 2.19. The predicted molar refractivity (Wildman–Crippen MR) is 78.6 cm³/mol. The highest BCUT2D eigenvalue weighted by molar-refractivity contribution is 7.10. The summed E-state index contributed by atoms with van der Waals surface area (Å²) < 4.78 is 0. The molecule has 0 aromatic carbocycles. The first-order valence-electron chi connectivity index (χ1n) is 6.88. The summed E-state index contributed by atoms with van der Waals surface area (Å²) in [6, 6.07) is 1.56. The van der Waals surface area contributed by atoms with Crippen molar-refractivity contribution in [2.75, 3.05) is 6.61 Å². The molecule has 1 amide bonds. The zero-order valence-electron chi connectivity index (χ0n) is 11.3. The summed E-state index contributed by atoms with van der Waals surface area (Å²) in [6.45, 7) is -0.187. The molecule has 2 unspecified atom stereocenters. The quantitative estimate of drug-likeness (QED) is 0.572. The zero-order chi connectivity index (χ0) is 14.4. The van der Waals surface area contributed by atoms with Gasteiger partial charge in [0.25, 0.3) is 5.91 Å². The molecule has 0 bridgehead atoms. The van der Waals surface area contributed by atoms with Crippen molar-refractivity contribution in [3.63, 3.8) is 0 Å². The Bertz CT molecular complexity index is 515. The Morgan fingerprint density at radius 2 is 2.20 bits per heavy atom. The van der Waals surface area contributed by atoms with Gasteiger partial charge in [-0.15, -0.1) is 11.3 Å². The molecule has 1 aromatic rings. The first-order chi connectivity index (χ1) is 9.70. The van der Waals surface area contributed by atoms with E-state index >= 15 is 0 Å². The molecule has 108 valence electrons. The zero-order valence-corrected chi connectivity index (χ0v) is 12.1. The van der Waals surface area contributed by atoms with Gasteiger partial charge in [-0.2, -0.15) is 0 Å². The number of nitrogens with one attached hydrogen (secondary N) is 1. The van der Waals surface area contributed by atoms with Gasteiger partial charge >= 0.3 is 0 Å². The van der Waals surface area contributed by atoms with Crippen molar-refractivity contribution >= 4 is 17.2 Å². The summed E-state index contributed by atoms with van der Waals surface area (Å²) >= 11 is 1.38. The second-order valence-electron chi connectivity index (χ2n) is 4.94. The van der Waals surface area contributed by atoms with Gasteiger partial charge in [0.2, 0.25) is 0 Å². The number of thiophene rings is 1. The van der Waals surface area contributed by atoms with E-state index in [0.717, 1.165) is 37.0 Å². The van der Waals surface area contributed by atoms with E-state index in [-0.39, 0.29) is 18.6 Å². The number of carbonyl (C=O) groups excluding carboxylic acids is 1. The van der Waals surface area contributed by atoms with E-state index in [9.17, 15) is 9.90 Å². The molecule has 0 spiro atoms. The van der Waals surface area contributed by atoms with Gasteiger partial charge in [-0.1, -0.05) is 31.1 Å². The van der Waals surface area contributed by atoms with Gasteiger partial charge in [-0.3, -0.25) is 4.79 Å². The number of rotatable bonds is 2. The molecule has 0 saturated heterocycles. The molecule has 2 atom stereocenters. The first-order valence-corrected chi connectivity index (χ1v) is 7.76. The Morgan fingerprint density at radius 1 is 1.40 bits per heavy atom. The molecular formula is C15H19NO3S. The lowest BCUT2D eigenvalue weighted by molar-refractivity contribution is 0.0819. The van der Waals surface area contributed by atoms with Gasteiger partial charge in [0.15, 0.2) is 0 Å². The molecular weight excluding hydrogens is 274 g/mol. The van der Waals surface area contributed by atoms with Crippen LogP contribution in [0.3, 0.4) is 0 Å². The minimum atomic E-state index is -0.450. The summed E-state index contributed by atoms with van der Waals surface area (Å²) in [7, 11) is 0. The summed E-state index contributed by atoms with van der Waals surface area (Å²) in [5, 5.41) is 23.3. The van der Waals surface area contributed by atoms with Gasteiger partial charge in [-0.25, -0.2) is 0 Å². The molecule has 0 aliphatic heterocycles. The third-order valence-electron chi connectivity index (χ3n) is 3.45. The molecule has 20 heavy (non-hydrogen) atoms. The van der Waals surface area contributed by atoms with E-state index in [2.05, 4.69) is 17.2 Å². The van der Waals surface area contributed by atoms with Crippen LogP contribution in [0.15, 0.2) is 11.4 Å². The number of hydrogen-bond donors (Lipinski definition) is 3. The smallest absolute Gasteiger partial charge is 0.252 e. The number of hydrogen-bond acceptors (Lipinski definition) is 4. The van der Waals surface area contributed by atoms with Crippen LogP contribution >= 0.6 is 11.3 Å². The van der Waals surface area contributed by atoms with Gasteiger partial charge in [0, 0.05) is 5.38 Å². The molecule has 1 aliphatic carbocycles. The van der Waals surface area contributed by atoms with Crippen molar-refractivity contribution in [3.8, 4) is 11.8 Å². The molecule has 1 heterocycles. The maximum Gasteiger partial charge on any atom is 0.252 e. The van der Waals surface area contributed by atoms with Crippen molar-refractivity contribution in [1.29, 1.82) is 0 Å². The number of amides is 1. The highest BCUT2D eigenvalue weighted by atomic mass is 32.1. The monoisotopic (exact) mass is 293 g/mol. The van der Waals surface area contributed by atoms with Crippen LogP contribution in [0.4, 0.5) is 0 Å². The first kappa shape index (κ1) is 15.0. The van der Waals surface area contributed by atoms with E-state index in [1.807, 2.05) is 0 Å². The summed E-state index contributed by atoms with van der Waals surface area (Å²) in [5.74, 6) is 5.18. The molecule has 1 aliphatic rings. The summed E-state index contributed by atoms with van der Waals surface area (Å²) in [6.07, 6.45) is 4.30. The normalized spacial score (nSPS) is 22.5. The lowest BCUT2D eigenvalue weighted by atomic mass is 10.1. The molecule has 0 radical (unpaired) electrons. The average molecular weight is 293 g/mol. The third kappa shape index (κ3) is 4.07. The average Bonchev–Trinajstić information content (AvgIpc) is 2.83. The van der Waals surface area contributed by atoms with Crippen LogP contribution < -0.4 is 5.32 Å². The van der Waals surface area contributed by atoms with Gasteiger partial charge in [0.1, 0.15) is 6.61 Å². The SMILES string of the molecule is O=C(NC1CCCCCC1O)c1csc(C#CCO)c1. The van der Waals surface area contributed by atoms with E-state index in [4.69, 9.17) is 5.11 Å².